The summed E-state index contributed by atoms with van der Waals surface area (Å²) in [6.07, 6.45) is 0. The van der Waals surface area contributed by atoms with Crippen molar-refractivity contribution in [1.29, 1.82) is 0 Å². The summed E-state index contributed by atoms with van der Waals surface area (Å²) in [7, 11) is 1.88. The largest absolute Gasteiger partial charge is 0.350 e. The van der Waals surface area contributed by atoms with Crippen molar-refractivity contribution < 1.29 is 4.79 Å². The number of likely N-dealkylation sites (N-methyl/N-ethyl adjacent to an activating group) is 1. The van der Waals surface area contributed by atoms with Gasteiger partial charge in [-0.15, -0.1) is 12.4 Å². The molecule has 0 radical (unpaired) electrons. The number of carbonyl (C=O) groups is 1. The van der Waals surface area contributed by atoms with Gasteiger partial charge in [-0.1, -0.05) is 17.7 Å². The zero-order chi connectivity index (χ0) is 11.3. The van der Waals surface area contributed by atoms with E-state index in [1.165, 1.54) is 0 Å². The van der Waals surface area contributed by atoms with Gasteiger partial charge in [0.05, 0.1) is 0 Å². The lowest BCUT2D eigenvalue weighted by Gasteiger charge is -2.11. The van der Waals surface area contributed by atoms with Gasteiger partial charge in [0.1, 0.15) is 0 Å². The zero-order valence-corrected chi connectivity index (χ0v) is 10.7. The van der Waals surface area contributed by atoms with Crippen LogP contribution < -0.4 is 10.6 Å². The number of amides is 1. The lowest BCUT2D eigenvalue weighted by Crippen LogP contribution is -2.37. The van der Waals surface area contributed by atoms with Crippen molar-refractivity contribution in [3.8, 4) is 0 Å². The van der Waals surface area contributed by atoms with Gasteiger partial charge >= 0.3 is 0 Å². The minimum atomic E-state index is -0.0166. The Labute approximate surface area is 103 Å². The van der Waals surface area contributed by atoms with Crippen LogP contribution >= 0.6 is 12.4 Å². The van der Waals surface area contributed by atoms with Gasteiger partial charge in [-0.2, -0.15) is 0 Å². The van der Waals surface area contributed by atoms with E-state index in [4.69, 9.17) is 0 Å². The van der Waals surface area contributed by atoms with Crippen LogP contribution in [0.15, 0.2) is 24.3 Å². The maximum atomic E-state index is 11.6. The number of aryl methyl sites for hydroxylation is 1. The summed E-state index contributed by atoms with van der Waals surface area (Å²) in [5.74, 6) is -0.0166. The molecule has 0 saturated carbocycles. The highest BCUT2D eigenvalue weighted by atomic mass is 35.5. The third-order valence-electron chi connectivity index (χ3n) is 2.38. The molecule has 0 aliphatic heterocycles. The van der Waals surface area contributed by atoms with E-state index in [0.29, 0.717) is 18.2 Å². The molecular weight excluding hydrogens is 224 g/mol. The van der Waals surface area contributed by atoms with Gasteiger partial charge in [-0.05, 0) is 33.0 Å². The molecule has 1 amide bonds. The topological polar surface area (TPSA) is 41.1 Å². The molecule has 1 unspecified atom stereocenters. The molecule has 1 atom stereocenters. The smallest absolute Gasteiger partial charge is 0.251 e. The maximum absolute atomic E-state index is 11.6. The maximum Gasteiger partial charge on any atom is 0.251 e. The van der Waals surface area contributed by atoms with E-state index in [9.17, 15) is 4.79 Å². The van der Waals surface area contributed by atoms with E-state index < -0.39 is 0 Å². The molecule has 90 valence electrons. The van der Waals surface area contributed by atoms with E-state index in [2.05, 4.69) is 10.6 Å². The standard InChI is InChI=1S/C12H18N2O.ClH/c1-9-4-6-11(7-5-9)12(15)14-8-10(2)13-3;/h4-7,10,13H,8H2,1-3H3,(H,14,15);1H. The molecule has 0 heterocycles. The number of benzene rings is 1. The number of halogens is 1. The number of nitrogens with one attached hydrogen (secondary N) is 2. The normalized spacial score (nSPS) is 11.4. The summed E-state index contributed by atoms with van der Waals surface area (Å²) in [5, 5.41) is 5.93. The Morgan fingerprint density at radius 2 is 1.88 bits per heavy atom. The average Bonchev–Trinajstić information content (AvgIpc) is 2.26. The second-order valence-electron chi connectivity index (χ2n) is 3.77. The Kier molecular flexibility index (Phi) is 6.77. The van der Waals surface area contributed by atoms with E-state index in [1.54, 1.807) is 0 Å². The van der Waals surface area contributed by atoms with Gasteiger partial charge in [-0.3, -0.25) is 4.79 Å². The van der Waals surface area contributed by atoms with Gasteiger partial charge in [0.15, 0.2) is 0 Å². The van der Waals surface area contributed by atoms with E-state index in [0.717, 1.165) is 5.56 Å². The molecule has 0 fully saturated rings. The quantitative estimate of drug-likeness (QED) is 0.845. The molecule has 2 N–H and O–H groups in total. The van der Waals surface area contributed by atoms with Crippen molar-refractivity contribution >= 4 is 18.3 Å². The minimum absolute atomic E-state index is 0. The van der Waals surface area contributed by atoms with Crippen molar-refractivity contribution in [2.45, 2.75) is 19.9 Å². The zero-order valence-electron chi connectivity index (χ0n) is 9.91. The van der Waals surface area contributed by atoms with E-state index >= 15 is 0 Å². The van der Waals surface area contributed by atoms with E-state index in [1.807, 2.05) is 45.2 Å². The molecule has 4 heteroatoms. The Bertz CT molecular complexity index is 324. The Balaban J connectivity index is 0.00000225. The first-order chi connectivity index (χ1) is 7.13. The first-order valence-corrected chi connectivity index (χ1v) is 5.15. The predicted octanol–water partition coefficient (Wildman–Crippen LogP) is 1.75. The van der Waals surface area contributed by atoms with Crippen LogP contribution in [-0.2, 0) is 0 Å². The molecule has 0 bridgehead atoms. The monoisotopic (exact) mass is 242 g/mol. The molecule has 1 rings (SSSR count). The van der Waals surface area contributed by atoms with Gasteiger partial charge < -0.3 is 10.6 Å². The molecule has 0 aromatic heterocycles. The van der Waals surface area contributed by atoms with Gasteiger partial charge in [0.2, 0.25) is 0 Å². The van der Waals surface area contributed by atoms with E-state index in [-0.39, 0.29) is 18.3 Å². The second-order valence-corrected chi connectivity index (χ2v) is 3.77. The summed E-state index contributed by atoms with van der Waals surface area (Å²) in [5.41, 5.74) is 1.87. The van der Waals surface area contributed by atoms with Crippen LogP contribution in [0.5, 0.6) is 0 Å². The fraction of sp³-hybridized carbons (Fsp3) is 0.417. The number of hydrogen-bond donors (Lipinski definition) is 2. The Morgan fingerprint density at radius 1 is 1.31 bits per heavy atom. The van der Waals surface area contributed by atoms with Crippen molar-refractivity contribution in [2.75, 3.05) is 13.6 Å². The fourth-order valence-corrected chi connectivity index (χ4v) is 1.15. The van der Waals surface area contributed by atoms with Gasteiger partial charge in [-0.25, -0.2) is 0 Å². The lowest BCUT2D eigenvalue weighted by atomic mass is 10.1. The van der Waals surface area contributed by atoms with Crippen molar-refractivity contribution in [3.63, 3.8) is 0 Å². The summed E-state index contributed by atoms with van der Waals surface area (Å²) >= 11 is 0. The molecule has 0 saturated heterocycles. The average molecular weight is 243 g/mol. The molecule has 0 aliphatic rings. The highest BCUT2D eigenvalue weighted by Gasteiger charge is 2.05. The summed E-state index contributed by atoms with van der Waals surface area (Å²) < 4.78 is 0. The van der Waals surface area contributed by atoms with Crippen LogP contribution in [-0.4, -0.2) is 25.5 Å². The summed E-state index contributed by atoms with van der Waals surface area (Å²) in [4.78, 5) is 11.6. The van der Waals surface area contributed by atoms with Gasteiger partial charge in [0.25, 0.3) is 5.91 Å². The fourth-order valence-electron chi connectivity index (χ4n) is 1.15. The summed E-state index contributed by atoms with van der Waals surface area (Å²) in [6, 6.07) is 7.86. The van der Waals surface area contributed by atoms with Crippen molar-refractivity contribution in [2.24, 2.45) is 0 Å². The van der Waals surface area contributed by atoms with Gasteiger partial charge in [0, 0.05) is 18.2 Å². The highest BCUT2D eigenvalue weighted by Crippen LogP contribution is 2.02. The molecule has 1 aromatic carbocycles. The van der Waals surface area contributed by atoms with Crippen molar-refractivity contribution in [3.05, 3.63) is 35.4 Å². The highest BCUT2D eigenvalue weighted by molar-refractivity contribution is 5.94. The Hall–Kier alpha value is -1.06. The third kappa shape index (κ3) is 4.64. The number of rotatable bonds is 4. The van der Waals surface area contributed by atoms with Crippen LogP contribution in [0.2, 0.25) is 0 Å². The SMILES string of the molecule is CNC(C)CNC(=O)c1ccc(C)cc1.Cl. The molecule has 0 aliphatic carbocycles. The number of hydrogen-bond acceptors (Lipinski definition) is 2. The first kappa shape index (κ1) is 14.9. The van der Waals surface area contributed by atoms with Crippen LogP contribution in [0.25, 0.3) is 0 Å². The van der Waals surface area contributed by atoms with Crippen LogP contribution in [0, 0.1) is 6.92 Å². The first-order valence-electron chi connectivity index (χ1n) is 5.15. The number of carbonyl (C=O) groups excluding carboxylic acids is 1. The molecule has 3 nitrogen and oxygen atoms in total. The minimum Gasteiger partial charge on any atom is -0.350 e. The van der Waals surface area contributed by atoms with Crippen LogP contribution in [0.1, 0.15) is 22.8 Å². The molecule has 0 spiro atoms. The van der Waals surface area contributed by atoms with Crippen LogP contribution in [0.3, 0.4) is 0 Å². The lowest BCUT2D eigenvalue weighted by molar-refractivity contribution is 0.0950. The molecule has 1 aromatic rings. The van der Waals surface area contributed by atoms with Crippen LogP contribution in [0.4, 0.5) is 0 Å². The van der Waals surface area contributed by atoms with Crippen molar-refractivity contribution in [1.82, 2.24) is 10.6 Å². The Morgan fingerprint density at radius 3 is 2.38 bits per heavy atom. The molecular formula is C12H19ClN2O. The summed E-state index contributed by atoms with van der Waals surface area (Å²) in [6.45, 7) is 4.67. The third-order valence-corrected chi connectivity index (χ3v) is 2.38. The predicted molar refractivity (Wildman–Crippen MR) is 69.3 cm³/mol. The second kappa shape index (κ2) is 7.25. The molecule has 16 heavy (non-hydrogen) atoms.